The quantitative estimate of drug-likeness (QED) is 0.473. The summed E-state index contributed by atoms with van der Waals surface area (Å²) in [6, 6.07) is 9.63. The minimum atomic E-state index is -0.186. The molecule has 4 rings (SSSR count). The highest BCUT2D eigenvalue weighted by molar-refractivity contribution is 9.10. The van der Waals surface area contributed by atoms with Gasteiger partial charge in [-0.3, -0.25) is 4.90 Å². The van der Waals surface area contributed by atoms with Crippen LogP contribution in [0.1, 0.15) is 41.5 Å². The lowest BCUT2D eigenvalue weighted by molar-refractivity contribution is 0.249. The van der Waals surface area contributed by atoms with Crippen molar-refractivity contribution in [3.63, 3.8) is 0 Å². The number of anilines is 1. The molecule has 3 heterocycles. The Hall–Kier alpha value is -2.09. The molecule has 30 heavy (non-hydrogen) atoms. The second kappa shape index (κ2) is 8.96. The minimum Gasteiger partial charge on any atom is -0.331 e. The number of hydrogen-bond donors (Lipinski definition) is 2. The summed E-state index contributed by atoms with van der Waals surface area (Å²) >= 11 is 5.35. The van der Waals surface area contributed by atoms with Gasteiger partial charge in [0.25, 0.3) is 0 Å². The number of halogens is 1. The van der Waals surface area contributed by atoms with E-state index in [-0.39, 0.29) is 12.1 Å². The third-order valence-corrected chi connectivity index (χ3v) is 7.78. The lowest BCUT2D eigenvalue weighted by Gasteiger charge is -2.26. The molecule has 2 amide bonds. The van der Waals surface area contributed by atoms with Crippen molar-refractivity contribution in [1.82, 2.24) is 14.8 Å². The first-order chi connectivity index (χ1) is 14.5. The summed E-state index contributed by atoms with van der Waals surface area (Å²) in [6.07, 6.45) is 5.18. The van der Waals surface area contributed by atoms with E-state index in [2.05, 4.69) is 62.3 Å². The molecule has 0 aliphatic carbocycles. The van der Waals surface area contributed by atoms with Gasteiger partial charge in [-0.05, 0) is 68.3 Å². The van der Waals surface area contributed by atoms with Crippen molar-refractivity contribution in [2.24, 2.45) is 0 Å². The maximum atomic E-state index is 12.7. The number of rotatable bonds is 5. The van der Waals surface area contributed by atoms with Crippen molar-refractivity contribution in [3.8, 4) is 5.00 Å². The van der Waals surface area contributed by atoms with Crippen LogP contribution >= 0.6 is 27.3 Å². The number of aryl methyl sites for hydroxylation is 1. The van der Waals surface area contributed by atoms with Gasteiger partial charge >= 0.3 is 6.03 Å². The fourth-order valence-electron chi connectivity index (χ4n) is 4.00. The fourth-order valence-corrected chi connectivity index (χ4v) is 5.70. The van der Waals surface area contributed by atoms with Gasteiger partial charge in [-0.25, -0.2) is 4.79 Å². The zero-order valence-corrected chi connectivity index (χ0v) is 19.9. The van der Waals surface area contributed by atoms with Gasteiger partial charge in [0.05, 0.1) is 6.04 Å². The Kier molecular flexibility index (Phi) is 6.32. The highest BCUT2D eigenvalue weighted by atomic mass is 79.9. The van der Waals surface area contributed by atoms with Gasteiger partial charge in [0.15, 0.2) is 0 Å². The van der Waals surface area contributed by atoms with Crippen molar-refractivity contribution in [2.75, 3.05) is 18.4 Å². The number of hydrogen-bond acceptors (Lipinski definition) is 3. The summed E-state index contributed by atoms with van der Waals surface area (Å²) in [6.45, 7) is 9.42. The molecule has 0 unspecified atom stereocenters. The minimum absolute atomic E-state index is 0.0906. The van der Waals surface area contributed by atoms with Crippen LogP contribution in [0.3, 0.4) is 0 Å². The van der Waals surface area contributed by atoms with Crippen molar-refractivity contribution in [1.29, 1.82) is 0 Å². The molecule has 1 aliphatic rings. The van der Waals surface area contributed by atoms with E-state index in [9.17, 15) is 4.79 Å². The van der Waals surface area contributed by atoms with E-state index in [4.69, 9.17) is 0 Å². The lowest BCUT2D eigenvalue weighted by Crippen LogP contribution is -2.33. The molecule has 7 heteroatoms. The fraction of sp³-hybridized carbons (Fsp3) is 0.348. The van der Waals surface area contributed by atoms with E-state index in [1.165, 1.54) is 21.0 Å². The van der Waals surface area contributed by atoms with E-state index in [0.717, 1.165) is 41.8 Å². The summed E-state index contributed by atoms with van der Waals surface area (Å²) in [5.74, 6) is 0. The molecule has 0 radical (unpaired) electrons. The Balaban J connectivity index is 1.58. The topological polar surface area (TPSA) is 49.3 Å². The zero-order valence-electron chi connectivity index (χ0n) is 17.5. The number of urea groups is 1. The predicted molar refractivity (Wildman–Crippen MR) is 128 cm³/mol. The van der Waals surface area contributed by atoms with Gasteiger partial charge in [0, 0.05) is 46.1 Å². The number of amides is 2. The Morgan fingerprint density at radius 1 is 1.30 bits per heavy atom. The first-order valence-corrected chi connectivity index (χ1v) is 11.9. The molecule has 158 valence electrons. The van der Waals surface area contributed by atoms with E-state index in [0.29, 0.717) is 0 Å². The summed E-state index contributed by atoms with van der Waals surface area (Å²) in [4.78, 5) is 16.6. The van der Waals surface area contributed by atoms with Gasteiger partial charge in [0.2, 0.25) is 0 Å². The van der Waals surface area contributed by atoms with E-state index >= 15 is 0 Å². The van der Waals surface area contributed by atoms with Gasteiger partial charge in [-0.15, -0.1) is 11.3 Å². The predicted octanol–water partition coefficient (Wildman–Crippen LogP) is 5.87. The lowest BCUT2D eigenvalue weighted by atomic mass is 9.98. The normalized spacial score (nSPS) is 14.9. The molecular weight excluding hydrogens is 460 g/mol. The average molecular weight is 487 g/mol. The molecular formula is C23H27BrN4OS. The van der Waals surface area contributed by atoms with Crippen LogP contribution in [0.4, 0.5) is 10.5 Å². The first-order valence-electron chi connectivity index (χ1n) is 10.3. The van der Waals surface area contributed by atoms with Crippen LogP contribution in [-0.2, 0) is 13.0 Å². The van der Waals surface area contributed by atoms with Gasteiger partial charge in [-0.1, -0.05) is 22.9 Å². The molecule has 0 fully saturated rings. The number of likely N-dealkylation sites (N-methyl/N-ethyl adjacent to an activating group) is 1. The van der Waals surface area contributed by atoms with Crippen LogP contribution in [0.2, 0.25) is 0 Å². The number of carbonyl (C=O) groups excluding carboxylic acids is 1. The molecule has 2 N–H and O–H groups in total. The van der Waals surface area contributed by atoms with Crippen LogP contribution in [0.5, 0.6) is 0 Å². The maximum absolute atomic E-state index is 12.7. The summed E-state index contributed by atoms with van der Waals surface area (Å²) in [5.41, 5.74) is 4.52. The monoisotopic (exact) mass is 486 g/mol. The number of aromatic nitrogens is 1. The van der Waals surface area contributed by atoms with Gasteiger partial charge in [0.1, 0.15) is 5.00 Å². The van der Waals surface area contributed by atoms with Crippen LogP contribution in [-0.4, -0.2) is 28.6 Å². The SMILES string of the molecule is CCN1CCc2c(sc(-n3cccc3)c2[C@@H](C)NC(=O)Nc2ccc(Br)c(C)c2)C1. The molecule has 1 atom stereocenters. The molecule has 1 aliphatic heterocycles. The van der Waals surface area contributed by atoms with Crippen LogP contribution in [0.25, 0.3) is 5.00 Å². The largest absolute Gasteiger partial charge is 0.331 e. The van der Waals surface area contributed by atoms with Gasteiger partial charge in [-0.2, -0.15) is 0 Å². The van der Waals surface area contributed by atoms with Crippen molar-refractivity contribution >= 4 is 39.0 Å². The molecule has 0 spiro atoms. The zero-order chi connectivity index (χ0) is 21.3. The van der Waals surface area contributed by atoms with Crippen molar-refractivity contribution in [3.05, 3.63) is 68.8 Å². The van der Waals surface area contributed by atoms with E-state index in [1.54, 1.807) is 0 Å². The maximum Gasteiger partial charge on any atom is 0.319 e. The smallest absolute Gasteiger partial charge is 0.319 e. The second-order valence-corrected chi connectivity index (χ2v) is 9.65. The summed E-state index contributed by atoms with van der Waals surface area (Å²) in [7, 11) is 0. The molecule has 0 saturated heterocycles. The molecule has 1 aromatic carbocycles. The van der Waals surface area contributed by atoms with Crippen LogP contribution in [0.15, 0.2) is 47.2 Å². The van der Waals surface area contributed by atoms with Crippen molar-refractivity contribution < 1.29 is 4.79 Å². The number of thiophene rings is 1. The van der Waals surface area contributed by atoms with Crippen LogP contribution < -0.4 is 10.6 Å². The average Bonchev–Trinajstić information content (AvgIpc) is 3.37. The second-order valence-electron chi connectivity index (χ2n) is 7.72. The Labute approximate surface area is 190 Å². The highest BCUT2D eigenvalue weighted by Crippen LogP contribution is 2.39. The third-order valence-electron chi connectivity index (χ3n) is 5.64. The standard InChI is InChI=1S/C23H27BrN4OS/c1-4-27-12-9-18-20(14-27)30-22(28-10-5-6-11-28)21(18)16(3)25-23(29)26-17-7-8-19(24)15(2)13-17/h5-8,10-11,13,16H,4,9,12,14H2,1-3H3,(H2,25,26,29)/t16-/m1/s1. The number of fused-ring (bicyclic) bond motifs is 1. The molecule has 0 saturated carbocycles. The molecule has 5 nitrogen and oxygen atoms in total. The molecule has 2 aromatic heterocycles. The third kappa shape index (κ3) is 4.33. The number of nitrogens with one attached hydrogen (secondary N) is 2. The van der Waals surface area contributed by atoms with E-state index < -0.39 is 0 Å². The Morgan fingerprint density at radius 2 is 2.07 bits per heavy atom. The molecule has 3 aromatic rings. The Morgan fingerprint density at radius 3 is 2.77 bits per heavy atom. The molecule has 0 bridgehead atoms. The van der Waals surface area contributed by atoms with E-state index in [1.807, 2.05) is 48.6 Å². The summed E-state index contributed by atoms with van der Waals surface area (Å²) in [5, 5.41) is 7.34. The number of carbonyl (C=O) groups is 1. The number of benzene rings is 1. The Bertz CT molecular complexity index is 1040. The first kappa shape index (κ1) is 21.2. The highest BCUT2D eigenvalue weighted by Gasteiger charge is 2.27. The number of nitrogens with zero attached hydrogens (tertiary/aromatic N) is 2. The van der Waals surface area contributed by atoms with Crippen molar-refractivity contribution in [2.45, 2.75) is 39.8 Å². The van der Waals surface area contributed by atoms with Gasteiger partial charge < -0.3 is 15.2 Å². The summed E-state index contributed by atoms with van der Waals surface area (Å²) < 4.78 is 3.20. The van der Waals surface area contributed by atoms with Crippen LogP contribution in [0, 0.1) is 6.92 Å².